The average molecular weight is 325 g/mol. The maximum Gasteiger partial charge on any atom is 0.234 e. The van der Waals surface area contributed by atoms with Crippen molar-refractivity contribution in [1.29, 1.82) is 0 Å². The van der Waals surface area contributed by atoms with Crippen LogP contribution in [0.25, 0.3) is 0 Å². The standard InChI is InChI=1S/C17H25ClN2O2/c1-3-15(13-4-6-14(18)7-5-13)19-17(22)11-20-9-8-12(2)16(21)10-20/h4-7,12,15-16,21H,3,8-11H2,1-2H3,(H,19,22). The van der Waals surface area contributed by atoms with Crippen LogP contribution in [0, 0.1) is 5.92 Å². The Morgan fingerprint density at radius 3 is 2.73 bits per heavy atom. The number of rotatable bonds is 5. The molecule has 1 fully saturated rings. The number of likely N-dealkylation sites (tertiary alicyclic amines) is 1. The number of hydrogen-bond acceptors (Lipinski definition) is 3. The molecule has 1 aliphatic heterocycles. The van der Waals surface area contributed by atoms with Crippen LogP contribution in [0.15, 0.2) is 24.3 Å². The molecular formula is C17H25ClN2O2. The fraction of sp³-hybridized carbons (Fsp3) is 0.588. The first-order valence-corrected chi connectivity index (χ1v) is 8.32. The predicted octanol–water partition coefficient (Wildman–Crippen LogP) is 2.61. The Bertz CT molecular complexity index is 492. The van der Waals surface area contributed by atoms with Gasteiger partial charge >= 0.3 is 0 Å². The fourth-order valence-corrected chi connectivity index (χ4v) is 2.94. The van der Waals surface area contributed by atoms with E-state index in [9.17, 15) is 9.90 Å². The lowest BCUT2D eigenvalue weighted by atomic mass is 9.96. The Morgan fingerprint density at radius 2 is 2.14 bits per heavy atom. The Labute approximate surface area is 137 Å². The summed E-state index contributed by atoms with van der Waals surface area (Å²) in [5.74, 6) is 0.320. The molecule has 122 valence electrons. The molecule has 2 rings (SSSR count). The highest BCUT2D eigenvalue weighted by molar-refractivity contribution is 6.30. The number of piperidine rings is 1. The highest BCUT2D eigenvalue weighted by Crippen LogP contribution is 2.20. The SMILES string of the molecule is CCC(NC(=O)CN1CCC(C)C(O)C1)c1ccc(Cl)cc1. The minimum Gasteiger partial charge on any atom is -0.392 e. The third kappa shape index (κ3) is 4.70. The highest BCUT2D eigenvalue weighted by atomic mass is 35.5. The van der Waals surface area contributed by atoms with Crippen molar-refractivity contribution >= 4 is 17.5 Å². The number of benzene rings is 1. The van der Waals surface area contributed by atoms with E-state index in [1.54, 1.807) is 0 Å². The molecule has 4 nitrogen and oxygen atoms in total. The third-order valence-corrected chi connectivity index (χ3v) is 4.64. The average Bonchev–Trinajstić information content (AvgIpc) is 2.49. The van der Waals surface area contributed by atoms with Gasteiger partial charge in [-0.2, -0.15) is 0 Å². The number of hydrogen-bond donors (Lipinski definition) is 2. The summed E-state index contributed by atoms with van der Waals surface area (Å²) < 4.78 is 0. The van der Waals surface area contributed by atoms with Crippen LogP contribution in [-0.2, 0) is 4.79 Å². The first-order valence-electron chi connectivity index (χ1n) is 7.94. The van der Waals surface area contributed by atoms with Crippen LogP contribution in [0.1, 0.15) is 38.3 Å². The molecule has 3 atom stereocenters. The summed E-state index contributed by atoms with van der Waals surface area (Å²) in [6.45, 7) is 5.88. The van der Waals surface area contributed by atoms with E-state index in [-0.39, 0.29) is 18.1 Å². The first kappa shape index (κ1) is 17.3. The normalized spacial score (nSPS) is 24.0. The number of aliphatic hydroxyl groups is 1. The molecule has 1 amide bonds. The zero-order chi connectivity index (χ0) is 16.1. The first-order chi connectivity index (χ1) is 10.5. The minimum atomic E-state index is -0.334. The van der Waals surface area contributed by atoms with Crippen LogP contribution in [-0.4, -0.2) is 41.7 Å². The van der Waals surface area contributed by atoms with Gasteiger partial charge in [0.05, 0.1) is 18.7 Å². The topological polar surface area (TPSA) is 52.6 Å². The van der Waals surface area contributed by atoms with Crippen LogP contribution in [0.2, 0.25) is 5.02 Å². The summed E-state index contributed by atoms with van der Waals surface area (Å²) in [5, 5.41) is 13.7. The predicted molar refractivity (Wildman–Crippen MR) is 88.9 cm³/mol. The second-order valence-corrected chi connectivity index (χ2v) is 6.58. The minimum absolute atomic E-state index is 0.00148. The molecule has 0 spiro atoms. The Hall–Kier alpha value is -1.10. The Morgan fingerprint density at radius 1 is 1.45 bits per heavy atom. The van der Waals surface area contributed by atoms with E-state index >= 15 is 0 Å². The molecule has 0 saturated carbocycles. The van der Waals surface area contributed by atoms with E-state index in [1.165, 1.54) is 0 Å². The van der Waals surface area contributed by atoms with Crippen molar-refractivity contribution in [2.75, 3.05) is 19.6 Å². The molecule has 2 N–H and O–H groups in total. The van der Waals surface area contributed by atoms with E-state index in [2.05, 4.69) is 12.2 Å². The van der Waals surface area contributed by atoms with Gasteiger partial charge in [-0.05, 0) is 43.0 Å². The van der Waals surface area contributed by atoms with Gasteiger partial charge in [0.25, 0.3) is 0 Å². The lowest BCUT2D eigenvalue weighted by Crippen LogP contribution is -2.47. The van der Waals surface area contributed by atoms with E-state index < -0.39 is 0 Å². The zero-order valence-electron chi connectivity index (χ0n) is 13.3. The van der Waals surface area contributed by atoms with Gasteiger partial charge in [-0.3, -0.25) is 9.69 Å². The van der Waals surface area contributed by atoms with Crippen LogP contribution in [0.4, 0.5) is 0 Å². The second-order valence-electron chi connectivity index (χ2n) is 6.15. The van der Waals surface area contributed by atoms with Gasteiger partial charge in [-0.25, -0.2) is 0 Å². The van der Waals surface area contributed by atoms with Crippen molar-refractivity contribution in [2.45, 2.75) is 38.8 Å². The van der Waals surface area contributed by atoms with Crippen molar-refractivity contribution in [3.05, 3.63) is 34.9 Å². The summed E-state index contributed by atoms with van der Waals surface area (Å²) in [6.07, 6.45) is 1.43. The number of nitrogens with zero attached hydrogens (tertiary/aromatic N) is 1. The monoisotopic (exact) mass is 324 g/mol. The van der Waals surface area contributed by atoms with E-state index in [0.717, 1.165) is 24.9 Å². The van der Waals surface area contributed by atoms with Gasteiger partial charge in [-0.15, -0.1) is 0 Å². The molecule has 0 aromatic heterocycles. The van der Waals surface area contributed by atoms with Gasteiger partial charge in [-0.1, -0.05) is 37.6 Å². The summed E-state index contributed by atoms with van der Waals surface area (Å²) in [4.78, 5) is 14.3. The number of nitrogens with one attached hydrogen (secondary N) is 1. The van der Waals surface area contributed by atoms with Gasteiger partial charge in [0.1, 0.15) is 0 Å². The Balaban J connectivity index is 1.88. The summed E-state index contributed by atoms with van der Waals surface area (Å²) in [5.41, 5.74) is 1.06. The lowest BCUT2D eigenvalue weighted by Gasteiger charge is -2.34. The van der Waals surface area contributed by atoms with Gasteiger partial charge in [0.15, 0.2) is 0 Å². The largest absolute Gasteiger partial charge is 0.392 e. The molecule has 5 heteroatoms. The van der Waals surface area contributed by atoms with Crippen molar-refractivity contribution in [2.24, 2.45) is 5.92 Å². The van der Waals surface area contributed by atoms with Crippen molar-refractivity contribution < 1.29 is 9.90 Å². The highest BCUT2D eigenvalue weighted by Gasteiger charge is 2.25. The molecule has 3 unspecified atom stereocenters. The number of β-amino-alcohol motifs (C(OH)–C–C–N with tert-alkyl or cyclic N) is 1. The fourth-order valence-electron chi connectivity index (χ4n) is 2.82. The third-order valence-electron chi connectivity index (χ3n) is 4.39. The molecule has 1 heterocycles. The molecule has 0 radical (unpaired) electrons. The Kier molecular flexibility index (Phi) is 6.24. The zero-order valence-corrected chi connectivity index (χ0v) is 14.0. The van der Waals surface area contributed by atoms with E-state index in [4.69, 9.17) is 11.6 Å². The van der Waals surface area contributed by atoms with Crippen LogP contribution in [0.5, 0.6) is 0 Å². The van der Waals surface area contributed by atoms with Gasteiger partial charge in [0, 0.05) is 11.6 Å². The maximum absolute atomic E-state index is 12.2. The molecule has 22 heavy (non-hydrogen) atoms. The number of halogens is 1. The summed E-state index contributed by atoms with van der Waals surface area (Å²) >= 11 is 5.90. The summed E-state index contributed by atoms with van der Waals surface area (Å²) in [7, 11) is 0. The molecule has 0 aliphatic carbocycles. The number of amides is 1. The molecule has 1 aromatic carbocycles. The van der Waals surface area contributed by atoms with Crippen LogP contribution >= 0.6 is 11.6 Å². The molecule has 0 bridgehead atoms. The smallest absolute Gasteiger partial charge is 0.234 e. The number of carbonyl (C=O) groups excluding carboxylic acids is 1. The van der Waals surface area contributed by atoms with Crippen molar-refractivity contribution in [3.63, 3.8) is 0 Å². The number of carbonyl (C=O) groups is 1. The lowest BCUT2D eigenvalue weighted by molar-refractivity contribution is -0.124. The van der Waals surface area contributed by atoms with Gasteiger partial charge < -0.3 is 10.4 Å². The maximum atomic E-state index is 12.2. The van der Waals surface area contributed by atoms with Crippen molar-refractivity contribution in [1.82, 2.24) is 10.2 Å². The molecule has 1 aliphatic rings. The van der Waals surface area contributed by atoms with Crippen LogP contribution < -0.4 is 5.32 Å². The molecule has 1 aromatic rings. The van der Waals surface area contributed by atoms with E-state index in [1.807, 2.05) is 36.1 Å². The molecule has 1 saturated heterocycles. The summed E-state index contributed by atoms with van der Waals surface area (Å²) in [6, 6.07) is 7.58. The van der Waals surface area contributed by atoms with Crippen LogP contribution in [0.3, 0.4) is 0 Å². The van der Waals surface area contributed by atoms with E-state index in [0.29, 0.717) is 24.0 Å². The quantitative estimate of drug-likeness (QED) is 0.875. The second kappa shape index (κ2) is 7.95. The van der Waals surface area contributed by atoms with Crippen molar-refractivity contribution in [3.8, 4) is 0 Å². The molecular weight excluding hydrogens is 300 g/mol. The number of aliphatic hydroxyl groups excluding tert-OH is 1. The van der Waals surface area contributed by atoms with Gasteiger partial charge in [0.2, 0.25) is 5.91 Å².